The zero-order chi connectivity index (χ0) is 26.4. The molecular formula is C18H25ClN9O8P. The number of aliphatic hydroxyl groups excluding tert-OH is 3. The molecule has 19 heteroatoms. The summed E-state index contributed by atoms with van der Waals surface area (Å²) in [6, 6.07) is 0. The van der Waals surface area contributed by atoms with E-state index in [9.17, 15) is 29.7 Å². The normalized spacial score (nSPS) is 26.0. The first kappa shape index (κ1) is 26.3. The number of ether oxygens (including phenoxy) is 2. The average molecular weight is 562 g/mol. The van der Waals surface area contributed by atoms with E-state index in [1.807, 2.05) is 0 Å². The number of aromatic nitrogens is 8. The molecule has 1 saturated carbocycles. The number of anilines is 1. The summed E-state index contributed by atoms with van der Waals surface area (Å²) in [5.41, 5.74) is 0.244. The molecule has 2 fully saturated rings. The van der Waals surface area contributed by atoms with E-state index in [1.165, 1.54) is 10.9 Å². The monoisotopic (exact) mass is 561 g/mol. The molecule has 202 valence electrons. The number of halogens is 1. The maximum Gasteiger partial charge on any atom is 0.359 e. The molecule has 0 aromatic carbocycles. The van der Waals surface area contributed by atoms with Crippen molar-refractivity contribution in [3.63, 3.8) is 0 Å². The quantitative estimate of drug-likeness (QED) is 0.105. The highest BCUT2D eigenvalue weighted by Crippen LogP contribution is 2.53. The molecule has 5 atom stereocenters. The first-order valence-corrected chi connectivity index (χ1v) is 13.3. The average Bonchev–Trinajstić information content (AvgIpc) is 3.23. The molecule has 17 nitrogen and oxygen atoms in total. The molecule has 0 unspecified atom stereocenters. The van der Waals surface area contributed by atoms with Crippen LogP contribution in [0.2, 0.25) is 5.28 Å². The molecule has 1 aliphatic heterocycles. The fourth-order valence-electron chi connectivity index (χ4n) is 4.03. The van der Waals surface area contributed by atoms with E-state index in [-0.39, 0.29) is 16.8 Å². The molecule has 5 rings (SSSR count). The maximum atomic E-state index is 12.2. The fourth-order valence-corrected chi connectivity index (χ4v) is 4.96. The van der Waals surface area contributed by atoms with E-state index in [4.69, 9.17) is 21.1 Å². The van der Waals surface area contributed by atoms with Gasteiger partial charge < -0.3 is 39.9 Å². The van der Waals surface area contributed by atoms with Crippen LogP contribution in [0.5, 0.6) is 0 Å². The van der Waals surface area contributed by atoms with Crippen molar-refractivity contribution in [2.24, 2.45) is 5.92 Å². The Bertz CT molecular complexity index is 1290. The predicted molar refractivity (Wildman–Crippen MR) is 123 cm³/mol. The molecular weight excluding hydrogens is 537 g/mol. The first-order valence-electron chi connectivity index (χ1n) is 11.3. The molecule has 0 bridgehead atoms. The van der Waals surface area contributed by atoms with Gasteiger partial charge in [-0.25, -0.2) is 4.68 Å². The molecule has 37 heavy (non-hydrogen) atoms. The van der Waals surface area contributed by atoms with Crippen LogP contribution >= 0.6 is 19.2 Å². The number of aliphatic hydroxyl groups is 3. The third-order valence-electron chi connectivity index (χ3n) is 6.38. The largest absolute Gasteiger partial charge is 0.393 e. The summed E-state index contributed by atoms with van der Waals surface area (Å²) >= 11 is 6.11. The van der Waals surface area contributed by atoms with Gasteiger partial charge in [0.1, 0.15) is 24.1 Å². The molecule has 3 aromatic heterocycles. The van der Waals surface area contributed by atoms with Crippen molar-refractivity contribution in [3.05, 3.63) is 17.3 Å². The number of hydrogen-bond donors (Lipinski definition) is 7. The van der Waals surface area contributed by atoms with Crippen LogP contribution in [0.4, 0.5) is 5.82 Å². The Labute approximate surface area is 213 Å². The number of rotatable bonds is 11. The van der Waals surface area contributed by atoms with Gasteiger partial charge in [-0.05, 0) is 30.4 Å². The van der Waals surface area contributed by atoms with Gasteiger partial charge in [-0.2, -0.15) is 20.3 Å². The van der Waals surface area contributed by atoms with Gasteiger partial charge in [0.2, 0.25) is 5.28 Å². The fraction of sp³-hybridized carbons (Fsp3) is 0.667. The van der Waals surface area contributed by atoms with Crippen LogP contribution in [0.15, 0.2) is 6.20 Å². The number of nitrogens with one attached hydrogen (secondary N) is 2. The van der Waals surface area contributed by atoms with Gasteiger partial charge in [0, 0.05) is 6.54 Å². The molecule has 7 N–H and O–H groups in total. The summed E-state index contributed by atoms with van der Waals surface area (Å²) in [5, 5.41) is 49.4. The van der Waals surface area contributed by atoms with Crippen LogP contribution in [0, 0.1) is 5.92 Å². The zero-order valence-corrected chi connectivity index (χ0v) is 20.8. The molecule has 1 saturated heterocycles. The second-order valence-electron chi connectivity index (χ2n) is 9.00. The van der Waals surface area contributed by atoms with Gasteiger partial charge in [-0.1, -0.05) is 5.21 Å². The van der Waals surface area contributed by atoms with Crippen LogP contribution in [-0.4, -0.2) is 109 Å². The standard InChI is InChI=1S/C18H25ClN9O8P/c19-17-22-14(20-4-8-1-2-8)9-5-21-28(15(9)23-17)16-13(31)12(30)10(36-16)6-35-18(7-29,37(32,33)34)3-11-24-26-27-25-11/h5,8,10,12-13,16,29-31H,1-4,6-7H2,(H,20,22,23)(H2,32,33,34)(H,24,25,26,27)/t10-,12-,13-,16-,18-/m1/s1. The molecule has 0 amide bonds. The molecule has 0 spiro atoms. The smallest absolute Gasteiger partial charge is 0.359 e. The second-order valence-corrected chi connectivity index (χ2v) is 11.2. The minimum atomic E-state index is -5.11. The SMILES string of the molecule is O=P(O)(O)[C@@](CO)(Cc1nn[nH]n1)OC[C@H]1O[C@@H](n2ncc3c(NCC4CC4)nc(Cl)nc32)[C@H](O)[C@@H]1O. The Hall–Kier alpha value is -2.34. The van der Waals surface area contributed by atoms with E-state index >= 15 is 0 Å². The maximum absolute atomic E-state index is 12.2. The van der Waals surface area contributed by atoms with Crippen molar-refractivity contribution in [1.29, 1.82) is 0 Å². The summed E-state index contributed by atoms with van der Waals surface area (Å²) in [6.07, 6.45) is -2.39. The lowest BCUT2D eigenvalue weighted by Crippen LogP contribution is -2.43. The van der Waals surface area contributed by atoms with Gasteiger partial charge in [-0.15, -0.1) is 10.2 Å². The Morgan fingerprint density at radius 2 is 2.08 bits per heavy atom. The Kier molecular flexibility index (Phi) is 7.16. The van der Waals surface area contributed by atoms with E-state index < -0.39 is 57.1 Å². The lowest BCUT2D eigenvalue weighted by molar-refractivity contribution is -0.109. The van der Waals surface area contributed by atoms with Gasteiger partial charge in [-0.3, -0.25) is 4.57 Å². The molecule has 2 aliphatic rings. The van der Waals surface area contributed by atoms with Gasteiger partial charge in [0.25, 0.3) is 0 Å². The number of H-pyrrole nitrogens is 1. The van der Waals surface area contributed by atoms with Crippen LogP contribution in [0.3, 0.4) is 0 Å². The van der Waals surface area contributed by atoms with Gasteiger partial charge >= 0.3 is 7.60 Å². The summed E-state index contributed by atoms with van der Waals surface area (Å²) in [5.74, 6) is 0.916. The summed E-state index contributed by atoms with van der Waals surface area (Å²) in [6.45, 7) is -0.998. The first-order chi connectivity index (χ1) is 17.6. The highest BCUT2D eigenvalue weighted by Gasteiger charge is 2.52. The minimum Gasteiger partial charge on any atom is -0.393 e. The Balaban J connectivity index is 1.35. The lowest BCUT2D eigenvalue weighted by atomic mass is 10.1. The van der Waals surface area contributed by atoms with Crippen molar-refractivity contribution < 1.29 is 39.1 Å². The third kappa shape index (κ3) is 5.19. The molecule has 4 heterocycles. The lowest BCUT2D eigenvalue weighted by Gasteiger charge is -2.32. The molecule has 3 aromatic rings. The van der Waals surface area contributed by atoms with E-state index in [2.05, 4.69) is 41.0 Å². The Morgan fingerprint density at radius 1 is 1.30 bits per heavy atom. The number of hydrogen-bond acceptors (Lipinski definition) is 13. The summed E-state index contributed by atoms with van der Waals surface area (Å²) in [4.78, 5) is 28.2. The highest BCUT2D eigenvalue weighted by atomic mass is 35.5. The molecule has 1 aliphatic carbocycles. The summed E-state index contributed by atoms with van der Waals surface area (Å²) in [7, 11) is -5.11. The van der Waals surface area contributed by atoms with Crippen molar-refractivity contribution >= 4 is 36.0 Å². The van der Waals surface area contributed by atoms with Crippen molar-refractivity contribution in [1.82, 2.24) is 40.4 Å². The summed E-state index contributed by atoms with van der Waals surface area (Å²) < 4.78 is 24.7. The number of fused-ring (bicyclic) bond motifs is 1. The van der Waals surface area contributed by atoms with Gasteiger partial charge in [0.15, 0.2) is 23.0 Å². The van der Waals surface area contributed by atoms with Crippen LogP contribution < -0.4 is 5.32 Å². The van der Waals surface area contributed by atoms with E-state index in [1.54, 1.807) is 0 Å². The topological polar surface area (TPSA) is 247 Å². The predicted octanol–water partition coefficient (Wildman–Crippen LogP) is -1.44. The van der Waals surface area contributed by atoms with Crippen molar-refractivity contribution in [2.75, 3.05) is 25.1 Å². The van der Waals surface area contributed by atoms with Crippen LogP contribution in [-0.2, 0) is 20.5 Å². The number of nitrogens with zero attached hydrogens (tertiary/aromatic N) is 7. The van der Waals surface area contributed by atoms with E-state index in [0.29, 0.717) is 23.7 Å². The van der Waals surface area contributed by atoms with Crippen LogP contribution in [0.1, 0.15) is 24.9 Å². The third-order valence-corrected chi connectivity index (χ3v) is 8.04. The minimum absolute atomic E-state index is 0.0590. The van der Waals surface area contributed by atoms with Crippen LogP contribution in [0.25, 0.3) is 11.0 Å². The number of tetrazole rings is 1. The second kappa shape index (κ2) is 10.1. The highest BCUT2D eigenvalue weighted by molar-refractivity contribution is 7.53. The van der Waals surface area contributed by atoms with Crippen molar-refractivity contribution in [2.45, 2.75) is 49.1 Å². The zero-order valence-electron chi connectivity index (χ0n) is 19.1. The molecule has 0 radical (unpaired) electrons. The van der Waals surface area contributed by atoms with E-state index in [0.717, 1.165) is 12.8 Å². The van der Waals surface area contributed by atoms with Gasteiger partial charge in [0.05, 0.1) is 31.2 Å². The Morgan fingerprint density at radius 3 is 2.73 bits per heavy atom. The number of aromatic amines is 1. The van der Waals surface area contributed by atoms with Crippen molar-refractivity contribution in [3.8, 4) is 0 Å².